The molecule has 0 heterocycles. The Morgan fingerprint density at radius 2 is 1.65 bits per heavy atom. The first kappa shape index (κ1) is 14.2. The number of benzene rings is 1. The Balaban J connectivity index is 1.99. The van der Waals surface area contributed by atoms with Crippen molar-refractivity contribution in [3.05, 3.63) is 35.4 Å². The molecule has 0 aliphatic rings. The fourth-order valence-corrected chi connectivity index (χ4v) is 1.94. The normalized spacial score (nSPS) is 10.7. The number of hydrogen-bond donors (Lipinski definition) is 0. The van der Waals surface area contributed by atoms with Crippen molar-refractivity contribution in [1.29, 1.82) is 0 Å². The summed E-state index contributed by atoms with van der Waals surface area (Å²) in [5, 5.41) is 0. The largest absolute Gasteiger partial charge is 0.377 e. The van der Waals surface area contributed by atoms with Crippen LogP contribution < -0.4 is 0 Å². The van der Waals surface area contributed by atoms with Crippen molar-refractivity contribution in [1.82, 2.24) is 0 Å². The van der Waals surface area contributed by atoms with Crippen LogP contribution in [0.2, 0.25) is 0 Å². The van der Waals surface area contributed by atoms with Crippen LogP contribution in [0.5, 0.6) is 0 Å². The average molecular weight is 234 g/mol. The fourth-order valence-electron chi connectivity index (χ4n) is 1.94. The van der Waals surface area contributed by atoms with Gasteiger partial charge in [0.15, 0.2) is 0 Å². The van der Waals surface area contributed by atoms with E-state index in [0.29, 0.717) is 0 Å². The first-order valence-electron chi connectivity index (χ1n) is 6.97. The van der Waals surface area contributed by atoms with Gasteiger partial charge in [0.05, 0.1) is 6.61 Å². The van der Waals surface area contributed by atoms with Crippen LogP contribution in [0.3, 0.4) is 0 Å². The van der Waals surface area contributed by atoms with E-state index >= 15 is 0 Å². The summed E-state index contributed by atoms with van der Waals surface area (Å²) in [4.78, 5) is 0. The monoisotopic (exact) mass is 234 g/mol. The van der Waals surface area contributed by atoms with Crippen molar-refractivity contribution in [2.45, 2.75) is 59.0 Å². The van der Waals surface area contributed by atoms with E-state index in [1.807, 2.05) is 0 Å². The van der Waals surface area contributed by atoms with Gasteiger partial charge in [-0.15, -0.1) is 0 Å². The van der Waals surface area contributed by atoms with Gasteiger partial charge in [0.2, 0.25) is 0 Å². The molecule has 0 radical (unpaired) electrons. The third-order valence-corrected chi connectivity index (χ3v) is 3.16. The first-order chi connectivity index (χ1) is 8.34. The molecule has 1 nitrogen and oxygen atoms in total. The molecule has 0 aliphatic carbocycles. The van der Waals surface area contributed by atoms with E-state index < -0.39 is 0 Å². The van der Waals surface area contributed by atoms with E-state index in [2.05, 4.69) is 38.1 Å². The molecule has 0 aliphatic heterocycles. The number of unbranched alkanes of at least 4 members (excludes halogenated alkanes) is 5. The van der Waals surface area contributed by atoms with E-state index in [-0.39, 0.29) is 0 Å². The molecule has 0 amide bonds. The Bertz CT molecular complexity index is 293. The number of aryl methyl sites for hydroxylation is 1. The molecule has 1 aromatic carbocycles. The summed E-state index contributed by atoms with van der Waals surface area (Å²) < 4.78 is 5.71. The van der Waals surface area contributed by atoms with Gasteiger partial charge in [-0.05, 0) is 24.5 Å². The molecule has 1 heteroatoms. The van der Waals surface area contributed by atoms with Crippen molar-refractivity contribution >= 4 is 0 Å². The highest BCUT2D eigenvalue weighted by Crippen LogP contribution is 2.09. The van der Waals surface area contributed by atoms with E-state index in [9.17, 15) is 0 Å². The summed E-state index contributed by atoms with van der Waals surface area (Å²) in [5.74, 6) is 0. The molecular formula is C16H26O. The highest BCUT2D eigenvalue weighted by Gasteiger charge is 1.96. The van der Waals surface area contributed by atoms with Crippen molar-refractivity contribution in [3.8, 4) is 0 Å². The lowest BCUT2D eigenvalue weighted by atomic mass is 10.1. The van der Waals surface area contributed by atoms with Gasteiger partial charge >= 0.3 is 0 Å². The van der Waals surface area contributed by atoms with Crippen LogP contribution in [0.25, 0.3) is 0 Å². The Morgan fingerprint density at radius 1 is 0.941 bits per heavy atom. The number of rotatable bonds is 9. The smallest absolute Gasteiger partial charge is 0.0719 e. The second-order valence-electron chi connectivity index (χ2n) is 4.75. The maximum absolute atomic E-state index is 5.71. The van der Waals surface area contributed by atoms with Crippen molar-refractivity contribution in [2.75, 3.05) is 6.61 Å². The van der Waals surface area contributed by atoms with Crippen LogP contribution in [0, 0.1) is 6.92 Å². The highest BCUT2D eigenvalue weighted by molar-refractivity contribution is 5.24. The molecule has 0 atom stereocenters. The molecule has 96 valence electrons. The van der Waals surface area contributed by atoms with Gasteiger partial charge in [-0.25, -0.2) is 0 Å². The van der Waals surface area contributed by atoms with Crippen LogP contribution in [-0.2, 0) is 11.3 Å². The van der Waals surface area contributed by atoms with Crippen LogP contribution in [-0.4, -0.2) is 6.61 Å². The van der Waals surface area contributed by atoms with Gasteiger partial charge in [0.25, 0.3) is 0 Å². The minimum absolute atomic E-state index is 0.766. The van der Waals surface area contributed by atoms with Gasteiger partial charge < -0.3 is 4.74 Å². The maximum atomic E-state index is 5.71. The molecule has 0 unspecified atom stereocenters. The van der Waals surface area contributed by atoms with E-state index in [0.717, 1.165) is 13.2 Å². The lowest BCUT2D eigenvalue weighted by molar-refractivity contribution is 0.116. The van der Waals surface area contributed by atoms with Crippen molar-refractivity contribution < 1.29 is 4.74 Å². The minimum Gasteiger partial charge on any atom is -0.377 e. The summed E-state index contributed by atoms with van der Waals surface area (Å²) in [6, 6.07) is 8.45. The Hall–Kier alpha value is -0.820. The van der Waals surface area contributed by atoms with E-state index in [1.54, 1.807) is 0 Å². The zero-order chi connectivity index (χ0) is 12.3. The summed E-state index contributed by atoms with van der Waals surface area (Å²) >= 11 is 0. The second-order valence-corrected chi connectivity index (χ2v) is 4.75. The van der Waals surface area contributed by atoms with Crippen LogP contribution in [0.15, 0.2) is 24.3 Å². The third kappa shape index (κ3) is 6.48. The van der Waals surface area contributed by atoms with Crippen LogP contribution in [0.1, 0.15) is 56.6 Å². The molecule has 1 rings (SSSR count). The number of ether oxygens (including phenoxy) is 1. The Kier molecular flexibility index (Phi) is 7.74. The molecule has 0 aromatic heterocycles. The molecule has 0 N–H and O–H groups in total. The summed E-state index contributed by atoms with van der Waals surface area (Å²) in [6.07, 6.45) is 7.97. The van der Waals surface area contributed by atoms with Gasteiger partial charge in [0, 0.05) is 6.61 Å². The van der Waals surface area contributed by atoms with Gasteiger partial charge in [-0.2, -0.15) is 0 Å². The quantitative estimate of drug-likeness (QED) is 0.554. The molecule has 0 fully saturated rings. The standard InChI is InChI=1S/C16H26O/c1-3-4-5-6-7-10-13-17-14-16-12-9-8-11-15(16)2/h8-9,11-12H,3-7,10,13-14H2,1-2H3. The Morgan fingerprint density at radius 3 is 2.41 bits per heavy atom. The number of hydrogen-bond acceptors (Lipinski definition) is 1. The second kappa shape index (κ2) is 9.23. The Labute approximate surface area is 106 Å². The molecule has 0 bridgehead atoms. The topological polar surface area (TPSA) is 9.23 Å². The zero-order valence-corrected chi connectivity index (χ0v) is 11.4. The minimum atomic E-state index is 0.766. The zero-order valence-electron chi connectivity index (χ0n) is 11.4. The lowest BCUT2D eigenvalue weighted by Gasteiger charge is -2.06. The van der Waals surface area contributed by atoms with Gasteiger partial charge in [0.1, 0.15) is 0 Å². The van der Waals surface area contributed by atoms with E-state index in [4.69, 9.17) is 4.74 Å². The molecular weight excluding hydrogens is 208 g/mol. The maximum Gasteiger partial charge on any atom is 0.0719 e. The molecule has 0 saturated carbocycles. The molecule has 1 aromatic rings. The highest BCUT2D eigenvalue weighted by atomic mass is 16.5. The van der Waals surface area contributed by atoms with Gasteiger partial charge in [-0.1, -0.05) is 63.3 Å². The summed E-state index contributed by atoms with van der Waals surface area (Å²) in [7, 11) is 0. The molecule has 17 heavy (non-hydrogen) atoms. The predicted molar refractivity (Wildman–Crippen MR) is 74.2 cm³/mol. The van der Waals surface area contributed by atoms with Crippen LogP contribution >= 0.6 is 0 Å². The fraction of sp³-hybridized carbons (Fsp3) is 0.625. The summed E-state index contributed by atoms with van der Waals surface area (Å²) in [6.45, 7) is 6.07. The SMILES string of the molecule is CCCCCCCCOCc1ccccc1C. The van der Waals surface area contributed by atoms with E-state index in [1.165, 1.54) is 49.7 Å². The van der Waals surface area contributed by atoms with Gasteiger partial charge in [-0.3, -0.25) is 0 Å². The third-order valence-electron chi connectivity index (χ3n) is 3.16. The first-order valence-corrected chi connectivity index (χ1v) is 6.97. The van der Waals surface area contributed by atoms with Crippen molar-refractivity contribution in [2.24, 2.45) is 0 Å². The predicted octanol–water partition coefficient (Wildman–Crippen LogP) is 4.87. The average Bonchev–Trinajstić information content (AvgIpc) is 2.35. The van der Waals surface area contributed by atoms with Crippen LogP contribution in [0.4, 0.5) is 0 Å². The summed E-state index contributed by atoms with van der Waals surface area (Å²) in [5.41, 5.74) is 2.65. The molecule has 0 spiro atoms. The lowest BCUT2D eigenvalue weighted by Crippen LogP contribution is -1.97. The molecule has 0 saturated heterocycles. The van der Waals surface area contributed by atoms with Crippen molar-refractivity contribution in [3.63, 3.8) is 0 Å².